The Hall–Kier alpha value is -1.37. The minimum Gasteiger partial charge on any atom is -0.494 e. The first kappa shape index (κ1) is 18.7. The van der Waals surface area contributed by atoms with Gasteiger partial charge >= 0.3 is 0 Å². The molecule has 3 atom stereocenters. The Morgan fingerprint density at radius 3 is 2.82 bits per heavy atom. The van der Waals surface area contributed by atoms with Gasteiger partial charge in [0.2, 0.25) is 5.91 Å². The molecular formula is C15H22ClFN2O3. The predicted octanol–water partition coefficient (Wildman–Crippen LogP) is 1.94. The van der Waals surface area contributed by atoms with E-state index in [1.165, 1.54) is 13.2 Å². The number of nitrogens with two attached hydrogens (primary N) is 1. The van der Waals surface area contributed by atoms with Gasteiger partial charge in [-0.2, -0.15) is 0 Å². The predicted molar refractivity (Wildman–Crippen MR) is 83.7 cm³/mol. The van der Waals surface area contributed by atoms with Crippen molar-refractivity contribution < 1.29 is 18.7 Å². The summed E-state index contributed by atoms with van der Waals surface area (Å²) in [6.45, 7) is 2.22. The second-order valence-electron chi connectivity index (χ2n) is 5.18. The minimum absolute atomic E-state index is 0. The number of methoxy groups -OCH3 is 1. The smallest absolute Gasteiger partial charge is 0.249 e. The van der Waals surface area contributed by atoms with E-state index in [0.717, 1.165) is 6.42 Å². The van der Waals surface area contributed by atoms with Crippen molar-refractivity contribution in [2.75, 3.05) is 13.7 Å². The molecule has 7 heteroatoms. The Bertz CT molecular complexity index is 516. The number of hydrogen-bond acceptors (Lipinski definition) is 4. The lowest BCUT2D eigenvalue weighted by Gasteiger charge is -2.18. The van der Waals surface area contributed by atoms with Crippen LogP contribution in [0.5, 0.6) is 5.75 Å². The molecule has 1 saturated heterocycles. The lowest BCUT2D eigenvalue weighted by Crippen LogP contribution is -2.37. The number of carbonyl (C=O) groups is 1. The van der Waals surface area contributed by atoms with Crippen LogP contribution < -0.4 is 15.8 Å². The van der Waals surface area contributed by atoms with Gasteiger partial charge in [-0.1, -0.05) is 6.07 Å². The van der Waals surface area contributed by atoms with Crippen LogP contribution in [0.2, 0.25) is 0 Å². The van der Waals surface area contributed by atoms with Crippen LogP contribution >= 0.6 is 12.4 Å². The molecule has 1 amide bonds. The molecule has 2 rings (SSSR count). The van der Waals surface area contributed by atoms with Crippen LogP contribution in [0.25, 0.3) is 0 Å². The second-order valence-corrected chi connectivity index (χ2v) is 5.18. The normalized spacial score (nSPS) is 21.8. The van der Waals surface area contributed by atoms with Gasteiger partial charge in [0, 0.05) is 6.54 Å². The second kappa shape index (κ2) is 8.31. The first-order valence-corrected chi connectivity index (χ1v) is 7.04. The van der Waals surface area contributed by atoms with Crippen LogP contribution in [0.1, 0.15) is 31.4 Å². The van der Waals surface area contributed by atoms with Gasteiger partial charge in [-0.15, -0.1) is 12.4 Å². The molecule has 0 spiro atoms. The zero-order valence-corrected chi connectivity index (χ0v) is 13.5. The Balaban J connectivity index is 0.00000242. The van der Waals surface area contributed by atoms with Crippen molar-refractivity contribution in [2.24, 2.45) is 5.73 Å². The number of rotatable bonds is 5. The monoisotopic (exact) mass is 332 g/mol. The molecule has 1 aliphatic heterocycles. The molecule has 0 bridgehead atoms. The standard InChI is InChI=1S/C15H21FN2O3.ClH/c1-9(10-3-5-13(20-2)12(16)7-10)18-15(19)14-6-4-11(8-17)21-14;/h3,5,7,9,11,14H,4,6,8,17H2,1-2H3,(H,18,19);1H/t9?,11-,14+;/m1./s1. The summed E-state index contributed by atoms with van der Waals surface area (Å²) in [6, 6.07) is 4.33. The van der Waals surface area contributed by atoms with Crippen LogP contribution in [-0.4, -0.2) is 31.8 Å². The lowest BCUT2D eigenvalue weighted by atomic mass is 10.1. The van der Waals surface area contributed by atoms with Crippen LogP contribution in [0.3, 0.4) is 0 Å². The highest BCUT2D eigenvalue weighted by Gasteiger charge is 2.30. The molecule has 1 aliphatic rings. The zero-order chi connectivity index (χ0) is 15.4. The summed E-state index contributed by atoms with van der Waals surface area (Å²) in [7, 11) is 1.41. The largest absolute Gasteiger partial charge is 0.494 e. The Labute approximate surface area is 135 Å². The number of ether oxygens (including phenoxy) is 2. The van der Waals surface area contributed by atoms with Crippen molar-refractivity contribution in [1.29, 1.82) is 0 Å². The van der Waals surface area contributed by atoms with Gasteiger partial charge in [0.05, 0.1) is 19.3 Å². The molecule has 0 aliphatic carbocycles. The Morgan fingerprint density at radius 1 is 1.55 bits per heavy atom. The number of carbonyl (C=O) groups excluding carboxylic acids is 1. The van der Waals surface area contributed by atoms with Gasteiger partial charge in [0.25, 0.3) is 0 Å². The fourth-order valence-corrected chi connectivity index (χ4v) is 2.41. The third kappa shape index (κ3) is 4.32. The first-order valence-electron chi connectivity index (χ1n) is 7.04. The fourth-order valence-electron chi connectivity index (χ4n) is 2.41. The first-order chi connectivity index (χ1) is 10.0. The van der Waals surface area contributed by atoms with Gasteiger partial charge in [-0.05, 0) is 37.5 Å². The van der Waals surface area contributed by atoms with E-state index in [2.05, 4.69) is 5.32 Å². The molecular weight excluding hydrogens is 311 g/mol. The summed E-state index contributed by atoms with van der Waals surface area (Å²) in [5, 5.41) is 2.84. The van der Waals surface area contributed by atoms with Crippen LogP contribution in [-0.2, 0) is 9.53 Å². The molecule has 3 N–H and O–H groups in total. The van der Waals surface area contributed by atoms with E-state index in [1.54, 1.807) is 19.1 Å². The quantitative estimate of drug-likeness (QED) is 0.864. The molecule has 1 unspecified atom stereocenters. The average Bonchev–Trinajstić information content (AvgIpc) is 2.96. The topological polar surface area (TPSA) is 73.6 Å². The highest BCUT2D eigenvalue weighted by molar-refractivity contribution is 5.85. The fraction of sp³-hybridized carbons (Fsp3) is 0.533. The van der Waals surface area contributed by atoms with Gasteiger partial charge in [0.15, 0.2) is 11.6 Å². The Morgan fingerprint density at radius 2 is 2.27 bits per heavy atom. The highest BCUT2D eigenvalue weighted by Crippen LogP contribution is 2.23. The summed E-state index contributed by atoms with van der Waals surface area (Å²) in [5.74, 6) is -0.451. The van der Waals surface area contributed by atoms with Crippen molar-refractivity contribution in [3.05, 3.63) is 29.6 Å². The van der Waals surface area contributed by atoms with Crippen LogP contribution in [0, 0.1) is 5.82 Å². The molecule has 0 radical (unpaired) electrons. The highest BCUT2D eigenvalue weighted by atomic mass is 35.5. The van der Waals surface area contributed by atoms with Crippen LogP contribution in [0.15, 0.2) is 18.2 Å². The summed E-state index contributed by atoms with van der Waals surface area (Å²) < 4.78 is 24.1. The van der Waals surface area contributed by atoms with E-state index in [-0.39, 0.29) is 36.2 Å². The number of benzene rings is 1. The van der Waals surface area contributed by atoms with E-state index in [0.29, 0.717) is 18.5 Å². The van der Waals surface area contributed by atoms with E-state index in [1.807, 2.05) is 0 Å². The third-order valence-electron chi connectivity index (χ3n) is 3.70. The minimum atomic E-state index is -0.468. The lowest BCUT2D eigenvalue weighted by molar-refractivity contribution is -0.132. The number of amides is 1. The summed E-state index contributed by atoms with van der Waals surface area (Å²) in [5.41, 5.74) is 6.20. The Kier molecular flexibility index (Phi) is 7.06. The van der Waals surface area contributed by atoms with Crippen molar-refractivity contribution in [2.45, 2.75) is 38.0 Å². The maximum atomic E-state index is 13.7. The van der Waals surface area contributed by atoms with Gasteiger partial charge in [-0.25, -0.2) is 4.39 Å². The van der Waals surface area contributed by atoms with E-state index in [4.69, 9.17) is 15.2 Å². The maximum absolute atomic E-state index is 13.7. The van der Waals surface area contributed by atoms with E-state index in [9.17, 15) is 9.18 Å². The van der Waals surface area contributed by atoms with Crippen LogP contribution in [0.4, 0.5) is 4.39 Å². The van der Waals surface area contributed by atoms with Crippen molar-refractivity contribution in [3.63, 3.8) is 0 Å². The van der Waals surface area contributed by atoms with E-state index < -0.39 is 11.9 Å². The molecule has 5 nitrogen and oxygen atoms in total. The number of hydrogen-bond donors (Lipinski definition) is 2. The average molecular weight is 333 g/mol. The number of nitrogens with one attached hydrogen (secondary N) is 1. The van der Waals surface area contributed by atoms with Crippen molar-refractivity contribution in [3.8, 4) is 5.75 Å². The van der Waals surface area contributed by atoms with Gasteiger partial charge in [0.1, 0.15) is 6.10 Å². The van der Waals surface area contributed by atoms with Crippen molar-refractivity contribution >= 4 is 18.3 Å². The molecule has 124 valence electrons. The molecule has 1 fully saturated rings. The number of halogens is 2. The molecule has 1 aromatic rings. The molecule has 0 saturated carbocycles. The van der Waals surface area contributed by atoms with Gasteiger partial charge < -0.3 is 20.5 Å². The zero-order valence-electron chi connectivity index (χ0n) is 12.7. The van der Waals surface area contributed by atoms with Crippen molar-refractivity contribution in [1.82, 2.24) is 5.32 Å². The van der Waals surface area contributed by atoms with E-state index >= 15 is 0 Å². The van der Waals surface area contributed by atoms with Gasteiger partial charge in [-0.3, -0.25) is 4.79 Å². The molecule has 1 heterocycles. The SMILES string of the molecule is COc1ccc(C(C)NC(=O)[C@@H]2CC[C@H](CN)O2)cc1F.Cl. The molecule has 0 aromatic heterocycles. The third-order valence-corrected chi connectivity index (χ3v) is 3.70. The maximum Gasteiger partial charge on any atom is 0.249 e. The molecule has 1 aromatic carbocycles. The summed E-state index contributed by atoms with van der Waals surface area (Å²) >= 11 is 0. The summed E-state index contributed by atoms with van der Waals surface area (Å²) in [4.78, 5) is 12.1. The summed E-state index contributed by atoms with van der Waals surface area (Å²) in [6.07, 6.45) is 0.941. The molecule has 22 heavy (non-hydrogen) atoms.